The zero-order valence-electron chi connectivity index (χ0n) is 99.7. The highest BCUT2D eigenvalue weighted by molar-refractivity contribution is 7.00. The molecule has 4 heterocycles. The van der Waals surface area contributed by atoms with Gasteiger partial charge in [0.15, 0.2) is 0 Å². The summed E-state index contributed by atoms with van der Waals surface area (Å²) >= 11 is 0. The summed E-state index contributed by atoms with van der Waals surface area (Å²) in [5, 5.41) is 4.59. The summed E-state index contributed by atoms with van der Waals surface area (Å²) in [5.74, 6) is 0. The Kier molecular flexibility index (Phi) is 22.3. The van der Waals surface area contributed by atoms with Gasteiger partial charge in [-0.25, -0.2) is 0 Å². The molecule has 0 fully saturated rings. The predicted octanol–water partition coefficient (Wildman–Crippen LogP) is 36.1. The summed E-state index contributed by atoms with van der Waals surface area (Å²) in [6.07, 6.45) is -4.90. The van der Waals surface area contributed by atoms with Gasteiger partial charge in [0.2, 0.25) is 0 Å². The topological polar surface area (TPSA) is 16.3 Å². The molecular formula is C133H161BN4. The van der Waals surface area contributed by atoms with E-state index in [-0.39, 0.29) is 32.5 Å². The van der Waals surface area contributed by atoms with Gasteiger partial charge in [-0.2, -0.15) is 0 Å². The monoisotopic (exact) mass is 1840 g/mol. The second-order valence-corrected chi connectivity index (χ2v) is 53.3. The maximum atomic E-state index is 11.5. The number of hydrogen-bond acceptors (Lipinski definition) is 2. The molecule has 138 heavy (non-hydrogen) atoms. The van der Waals surface area contributed by atoms with Crippen LogP contribution in [0.15, 0.2) is 243 Å². The van der Waals surface area contributed by atoms with Crippen LogP contribution in [-0.2, 0) is 70.4 Å². The third kappa shape index (κ3) is 22.3. The molecule has 0 bridgehead atoms. The summed E-state index contributed by atoms with van der Waals surface area (Å²) < 4.78 is 110. The molecule has 0 N–H and O–H groups in total. The van der Waals surface area contributed by atoms with E-state index in [9.17, 15) is 13.7 Å². The molecule has 0 radical (unpaired) electrons. The molecule has 17 rings (SSSR count). The molecule has 0 aliphatic carbocycles. The number of fused-ring (bicyclic) bond motifs is 10. The first-order chi connectivity index (χ1) is 68.0. The molecular weight excluding hydrogens is 1660 g/mol. The van der Waals surface area contributed by atoms with E-state index in [1.165, 1.54) is 22.3 Å². The van der Waals surface area contributed by atoms with Crippen LogP contribution in [0.4, 0.5) is 34.1 Å². The summed E-state index contributed by atoms with van der Waals surface area (Å²) in [6, 6.07) is 88.8. The SMILES string of the molecule is [2H]C([2H])(c1cccc(-c2cc(CC(C)(C)C)cc(-c3cccc(C([2H])([2H])C(C)(C)C)c3)c2N2c3cc(-n4c5ccc(CC(C)(C)C)cc5c5cc(CC(C)(C)C)ccc54)ccc3B3c4ccc(-n5c6ccc(CC(C)(C)C)cc6c6cc(CC(C)(C)C)ccc65)cc4N(c4c(-c5cccc(C([2H])([2H])C(C)(C)C)c5)cc(CC(C)(C)C)cc4-c4cccc(C([2H])([2H])C(C)(C)C)c4)c4cc(C([2H])([2H])C(C)(C)C)cc2c43)c1)C(C)(C)C. The summed E-state index contributed by atoms with van der Waals surface area (Å²) in [5.41, 5.74) is 23.7. The molecule has 2 aliphatic heterocycles. The van der Waals surface area contributed by atoms with Crippen molar-refractivity contribution >= 4 is 101 Å². The van der Waals surface area contributed by atoms with Crippen LogP contribution in [0.5, 0.6) is 0 Å². The average Bonchev–Trinajstić information content (AvgIpc) is 0.832. The summed E-state index contributed by atoms with van der Waals surface area (Å²) in [6.45, 7) is 70.3. The van der Waals surface area contributed by atoms with Gasteiger partial charge in [-0.15, -0.1) is 0 Å². The van der Waals surface area contributed by atoms with E-state index in [1.807, 2.05) is 152 Å². The van der Waals surface area contributed by atoms with E-state index < -0.39 is 65.7 Å². The lowest BCUT2D eigenvalue weighted by atomic mass is 9.33. The van der Waals surface area contributed by atoms with Crippen molar-refractivity contribution in [2.75, 3.05) is 9.80 Å². The molecule has 13 aromatic carbocycles. The van der Waals surface area contributed by atoms with Crippen LogP contribution in [0.2, 0.25) is 0 Å². The van der Waals surface area contributed by atoms with Gasteiger partial charge >= 0.3 is 0 Å². The predicted molar refractivity (Wildman–Crippen MR) is 606 cm³/mol. The molecule has 4 nitrogen and oxygen atoms in total. The van der Waals surface area contributed by atoms with Crippen molar-refractivity contribution in [2.45, 2.75) is 299 Å². The van der Waals surface area contributed by atoms with E-state index in [4.69, 9.17) is 0 Å². The van der Waals surface area contributed by atoms with Crippen LogP contribution < -0.4 is 26.2 Å². The van der Waals surface area contributed by atoms with E-state index >= 15 is 0 Å². The van der Waals surface area contributed by atoms with Crippen LogP contribution >= 0.6 is 0 Å². The number of benzene rings is 13. The fourth-order valence-corrected chi connectivity index (χ4v) is 21.9. The molecule has 0 amide bonds. The van der Waals surface area contributed by atoms with Crippen LogP contribution in [-0.4, -0.2) is 15.8 Å². The first kappa shape index (κ1) is 86.2. The Labute approximate surface area is 846 Å². The highest BCUT2D eigenvalue weighted by Gasteiger charge is 2.47. The molecule has 15 aromatic rings. The highest BCUT2D eigenvalue weighted by atomic mass is 15.2. The molecule has 0 saturated carbocycles. The van der Waals surface area contributed by atoms with Gasteiger partial charge in [0.1, 0.15) is 0 Å². The van der Waals surface area contributed by atoms with Crippen LogP contribution in [0.1, 0.15) is 303 Å². The Balaban J connectivity index is 1.14. The zero-order chi connectivity index (χ0) is 108. The van der Waals surface area contributed by atoms with Crippen molar-refractivity contribution in [3.63, 3.8) is 0 Å². The number of rotatable bonds is 19. The summed E-state index contributed by atoms with van der Waals surface area (Å²) in [7, 11) is 0. The number of anilines is 6. The molecule has 2 aliphatic rings. The first-order valence-electron chi connectivity index (χ1n) is 56.0. The fourth-order valence-electron chi connectivity index (χ4n) is 21.9. The largest absolute Gasteiger partial charge is 0.310 e. The van der Waals surface area contributed by atoms with Crippen molar-refractivity contribution < 1.29 is 13.7 Å². The van der Waals surface area contributed by atoms with Crippen molar-refractivity contribution in [1.82, 2.24) is 9.13 Å². The molecule has 2 aromatic heterocycles. The van der Waals surface area contributed by atoms with Crippen molar-refractivity contribution in [2.24, 2.45) is 59.6 Å². The van der Waals surface area contributed by atoms with Crippen LogP contribution in [0, 0.1) is 59.6 Å². The maximum absolute atomic E-state index is 11.5. The standard InChI is InChI=1S/C133H161BN4/c1-123(2,3)74-85-38-34-42-96(58-85)102-66-93(82-131(25,26)27)67-103(97-43-35-39-86(59-97)75-124(4,5)6)121(102)137-116-72-100(135-112-54-46-89(78-127(13,14)15)62-106(112)107-63-90(47-55-113(107)135)79-128(16,17)18)50-52-110(116)134-111-53-51-101(136-114-56-48-91(80-129(19,20)21)64-108(114)109-65-92(49-57-115(109)136)81-130(22,23)24)73-117(111)138(119-71-95(84-133(31,32)33)70-118(137)120(119)134)122-104(98-44-36-40-87(60-98)76-125(7,8)9)68-94(83-132(28,29)30)69-105(122)99-45-37-41-88(61-99)77-126(10,11)12/h34-73H,74-84H2,1-33H3/i74D2,75D2,76D2,77D2,84D2. The molecule has 0 unspecified atom stereocenters. The minimum atomic E-state index is -2.15. The summed E-state index contributed by atoms with van der Waals surface area (Å²) in [4.78, 5) is 4.94. The Hall–Kier alpha value is -10.9. The van der Waals surface area contributed by atoms with Crippen LogP contribution in [0.3, 0.4) is 0 Å². The Morgan fingerprint density at radius 1 is 0.210 bits per heavy atom. The Bertz CT molecular complexity index is 6960. The first-order valence-corrected chi connectivity index (χ1v) is 51.0. The number of hydrogen-bond donors (Lipinski definition) is 0. The van der Waals surface area contributed by atoms with Gasteiger partial charge in [0.25, 0.3) is 6.71 Å². The lowest BCUT2D eigenvalue weighted by molar-refractivity contribution is 0.410. The molecule has 0 saturated heterocycles. The smallest absolute Gasteiger partial charge is 0.252 e. The number of aromatic nitrogens is 2. The van der Waals surface area contributed by atoms with Crippen molar-refractivity contribution in [3.05, 3.63) is 304 Å². The maximum Gasteiger partial charge on any atom is 0.252 e. The van der Waals surface area contributed by atoms with E-state index in [0.29, 0.717) is 52.0 Å². The van der Waals surface area contributed by atoms with E-state index in [2.05, 4.69) is 338 Å². The molecule has 5 heteroatoms. The third-order valence-electron chi connectivity index (χ3n) is 25.8. The second kappa shape index (κ2) is 35.7. The second-order valence-electron chi connectivity index (χ2n) is 53.3. The van der Waals surface area contributed by atoms with Gasteiger partial charge in [0.05, 0.1) is 33.4 Å². The quantitative estimate of drug-likeness (QED) is 0.0750. The van der Waals surface area contributed by atoms with E-state index in [1.54, 1.807) is 0 Å². The highest BCUT2D eigenvalue weighted by Crippen LogP contribution is 2.57. The Morgan fingerprint density at radius 2 is 0.449 bits per heavy atom. The van der Waals surface area contributed by atoms with Crippen LogP contribution in [0.25, 0.3) is 99.5 Å². The van der Waals surface area contributed by atoms with Gasteiger partial charge in [-0.1, -0.05) is 362 Å². The average molecular weight is 1840 g/mol. The normalized spacial score (nSPS) is 15.4. The van der Waals surface area contributed by atoms with Gasteiger partial charge in [-0.05, 0) is 339 Å². The zero-order valence-corrected chi connectivity index (χ0v) is 89.7. The van der Waals surface area contributed by atoms with E-state index in [0.717, 1.165) is 175 Å². The minimum absolute atomic E-state index is 0.0155. The third-order valence-corrected chi connectivity index (χ3v) is 25.8. The molecule has 716 valence electrons. The fraction of sp³-hybridized carbons (Fsp3) is 0.414. The lowest BCUT2D eigenvalue weighted by Crippen LogP contribution is -2.61. The molecule has 0 atom stereocenters. The lowest BCUT2D eigenvalue weighted by Gasteiger charge is -2.46. The van der Waals surface area contributed by atoms with Crippen molar-refractivity contribution in [1.29, 1.82) is 0 Å². The number of nitrogens with zero attached hydrogens (tertiary/aromatic N) is 4. The van der Waals surface area contributed by atoms with Gasteiger partial charge < -0.3 is 18.9 Å². The van der Waals surface area contributed by atoms with Crippen molar-refractivity contribution in [3.8, 4) is 55.9 Å². The van der Waals surface area contributed by atoms with Gasteiger partial charge in [0, 0.05) is 91.6 Å². The minimum Gasteiger partial charge on any atom is -0.310 e. The molecule has 0 spiro atoms. The van der Waals surface area contributed by atoms with Gasteiger partial charge in [-0.3, -0.25) is 0 Å². The Morgan fingerprint density at radius 3 is 0.688 bits per heavy atom.